The lowest BCUT2D eigenvalue weighted by atomic mass is 9.99. The van der Waals surface area contributed by atoms with Gasteiger partial charge in [-0.15, -0.1) is 0 Å². The summed E-state index contributed by atoms with van der Waals surface area (Å²) < 4.78 is 5.27. The molecule has 1 aromatic heterocycles. The molecule has 0 spiro atoms. The fourth-order valence-electron chi connectivity index (χ4n) is 3.67. The molecule has 1 N–H and O–H groups in total. The van der Waals surface area contributed by atoms with Crippen molar-refractivity contribution < 1.29 is 9.53 Å². The number of carbonyl (C=O) groups excluding carboxylic acids is 1. The van der Waals surface area contributed by atoms with Crippen LogP contribution in [0.1, 0.15) is 69.9 Å². The quantitative estimate of drug-likeness (QED) is 0.209. The highest BCUT2D eigenvalue weighted by Gasteiger charge is 2.08. The Hall–Kier alpha value is -2.88. The predicted octanol–water partition coefficient (Wildman–Crippen LogP) is 6.53. The summed E-state index contributed by atoms with van der Waals surface area (Å²) in [6.45, 7) is 4.33. The molecule has 0 aliphatic heterocycles. The highest BCUT2D eigenvalue weighted by Crippen LogP contribution is 2.23. The van der Waals surface area contributed by atoms with Crippen LogP contribution in [-0.4, -0.2) is 24.0 Å². The van der Waals surface area contributed by atoms with E-state index in [0.29, 0.717) is 0 Å². The number of rotatable bonds is 14. The number of hydrogen-bond donors (Lipinski definition) is 1. The fourth-order valence-corrected chi connectivity index (χ4v) is 3.67. The molecular formula is C28H38N2O2. The predicted molar refractivity (Wildman–Crippen MR) is 134 cm³/mol. The van der Waals surface area contributed by atoms with Gasteiger partial charge in [0, 0.05) is 24.5 Å². The number of allylic oxidation sites excluding steroid dienone is 3. The van der Waals surface area contributed by atoms with Crippen molar-refractivity contribution in [2.24, 2.45) is 0 Å². The van der Waals surface area contributed by atoms with Gasteiger partial charge >= 0.3 is 0 Å². The van der Waals surface area contributed by atoms with Crippen molar-refractivity contribution in [3.05, 3.63) is 78.1 Å². The Morgan fingerprint density at radius 1 is 1.12 bits per heavy atom. The number of hydrogen-bond acceptors (Lipinski definition) is 3. The lowest BCUT2D eigenvalue weighted by Crippen LogP contribution is -2.33. The smallest absolute Gasteiger partial charge is 0.244 e. The van der Waals surface area contributed by atoms with Crippen LogP contribution in [0.4, 0.5) is 0 Å². The van der Waals surface area contributed by atoms with E-state index in [1.807, 2.05) is 30.5 Å². The normalized spacial score (nSPS) is 12.7. The molecule has 0 aliphatic carbocycles. The molecule has 0 saturated carbocycles. The summed E-state index contributed by atoms with van der Waals surface area (Å²) in [6, 6.07) is 12.4. The van der Waals surface area contributed by atoms with E-state index >= 15 is 0 Å². The SMILES string of the molecule is CCCCC/C(=C\C=C\C(=O)N[C@@H](CC)CCCc1cccnc1)c1ccc(OC)cc1. The van der Waals surface area contributed by atoms with Crippen LogP contribution < -0.4 is 10.1 Å². The van der Waals surface area contributed by atoms with Crippen molar-refractivity contribution in [1.82, 2.24) is 10.3 Å². The topological polar surface area (TPSA) is 51.2 Å². The van der Waals surface area contributed by atoms with Crippen LogP contribution >= 0.6 is 0 Å². The van der Waals surface area contributed by atoms with Gasteiger partial charge in [-0.05, 0) is 73.4 Å². The Morgan fingerprint density at radius 2 is 1.94 bits per heavy atom. The second-order valence-electron chi connectivity index (χ2n) is 8.10. The highest BCUT2D eigenvalue weighted by atomic mass is 16.5. The number of pyridine rings is 1. The number of benzene rings is 1. The number of amides is 1. The van der Waals surface area contributed by atoms with Gasteiger partial charge in [0.25, 0.3) is 0 Å². The molecule has 2 rings (SSSR count). The van der Waals surface area contributed by atoms with Crippen LogP contribution in [0.2, 0.25) is 0 Å². The summed E-state index contributed by atoms with van der Waals surface area (Å²) in [5, 5.41) is 3.15. The molecule has 1 amide bonds. The molecule has 2 aromatic rings. The summed E-state index contributed by atoms with van der Waals surface area (Å²) >= 11 is 0. The largest absolute Gasteiger partial charge is 0.497 e. The monoisotopic (exact) mass is 434 g/mol. The van der Waals surface area contributed by atoms with Gasteiger partial charge in [0.15, 0.2) is 0 Å². The molecule has 4 heteroatoms. The van der Waals surface area contributed by atoms with Gasteiger partial charge in [-0.25, -0.2) is 0 Å². The molecule has 1 aromatic carbocycles. The molecule has 172 valence electrons. The molecular weight excluding hydrogens is 396 g/mol. The fraction of sp³-hybridized carbons (Fsp3) is 0.429. The zero-order chi connectivity index (χ0) is 23.0. The second-order valence-corrected chi connectivity index (χ2v) is 8.10. The third-order valence-corrected chi connectivity index (χ3v) is 5.64. The minimum Gasteiger partial charge on any atom is -0.497 e. The van der Waals surface area contributed by atoms with Gasteiger partial charge in [0.05, 0.1) is 7.11 Å². The van der Waals surface area contributed by atoms with Gasteiger partial charge < -0.3 is 10.1 Å². The molecule has 0 aliphatic rings. The number of nitrogens with one attached hydrogen (secondary N) is 1. The van der Waals surface area contributed by atoms with E-state index in [-0.39, 0.29) is 11.9 Å². The maximum Gasteiger partial charge on any atom is 0.244 e. The first-order valence-electron chi connectivity index (χ1n) is 11.9. The number of aryl methyl sites for hydroxylation is 1. The number of nitrogens with zero attached hydrogens (tertiary/aromatic N) is 1. The van der Waals surface area contributed by atoms with Crippen molar-refractivity contribution >= 4 is 11.5 Å². The van der Waals surface area contributed by atoms with Crippen molar-refractivity contribution in [3.63, 3.8) is 0 Å². The summed E-state index contributed by atoms with van der Waals surface area (Å²) in [7, 11) is 1.68. The van der Waals surface area contributed by atoms with E-state index in [2.05, 4.69) is 48.4 Å². The molecule has 0 fully saturated rings. The lowest BCUT2D eigenvalue weighted by molar-refractivity contribution is -0.117. The summed E-state index contributed by atoms with van der Waals surface area (Å²) in [5.74, 6) is 0.822. The van der Waals surface area contributed by atoms with Gasteiger partial charge in [-0.3, -0.25) is 9.78 Å². The molecule has 0 bridgehead atoms. The minimum absolute atomic E-state index is 0.0304. The Balaban J connectivity index is 1.91. The molecule has 1 heterocycles. The van der Waals surface area contributed by atoms with Crippen LogP contribution in [0, 0.1) is 0 Å². The van der Waals surface area contributed by atoms with E-state index in [1.54, 1.807) is 19.4 Å². The van der Waals surface area contributed by atoms with Crippen molar-refractivity contribution in [2.45, 2.75) is 71.3 Å². The molecule has 1 atom stereocenters. The van der Waals surface area contributed by atoms with Crippen molar-refractivity contribution in [3.8, 4) is 5.75 Å². The third-order valence-electron chi connectivity index (χ3n) is 5.64. The zero-order valence-corrected chi connectivity index (χ0v) is 19.8. The highest BCUT2D eigenvalue weighted by molar-refractivity contribution is 5.88. The maximum absolute atomic E-state index is 12.5. The van der Waals surface area contributed by atoms with Gasteiger partial charge in [-0.1, -0.05) is 57.0 Å². The first-order valence-corrected chi connectivity index (χ1v) is 11.9. The van der Waals surface area contributed by atoms with Crippen LogP contribution in [-0.2, 0) is 11.2 Å². The summed E-state index contributed by atoms with van der Waals surface area (Å²) in [4.78, 5) is 16.6. The Bertz CT molecular complexity index is 841. The molecule has 0 unspecified atom stereocenters. The van der Waals surface area contributed by atoms with E-state index < -0.39 is 0 Å². The van der Waals surface area contributed by atoms with E-state index in [4.69, 9.17) is 4.74 Å². The van der Waals surface area contributed by atoms with Gasteiger partial charge in [0.1, 0.15) is 5.75 Å². The number of methoxy groups -OCH3 is 1. The van der Waals surface area contributed by atoms with E-state index in [9.17, 15) is 4.79 Å². The number of carbonyl (C=O) groups is 1. The second kappa shape index (κ2) is 15.0. The standard InChI is InChI=1S/C28H38N2O2/c1-4-6-7-13-24(25-17-19-27(32-3)20-18-25)14-9-16-28(31)30-26(5-2)15-8-11-23-12-10-21-29-22-23/h9-10,12,14,16-22,26H,4-8,11,13,15H2,1-3H3,(H,30,31)/b16-9+,24-14+/t26-/m0/s1. The van der Waals surface area contributed by atoms with Crippen LogP contribution in [0.3, 0.4) is 0 Å². The molecule has 32 heavy (non-hydrogen) atoms. The average Bonchev–Trinajstić information content (AvgIpc) is 2.83. The van der Waals surface area contributed by atoms with Gasteiger partial charge in [-0.2, -0.15) is 0 Å². The van der Waals surface area contributed by atoms with Gasteiger partial charge in [0.2, 0.25) is 5.91 Å². The number of aromatic nitrogens is 1. The first kappa shape index (κ1) is 25.4. The Labute approximate surface area is 193 Å². The van der Waals surface area contributed by atoms with E-state index in [0.717, 1.165) is 44.3 Å². The Morgan fingerprint density at radius 3 is 2.59 bits per heavy atom. The molecule has 4 nitrogen and oxygen atoms in total. The van der Waals surface area contributed by atoms with Crippen molar-refractivity contribution in [1.29, 1.82) is 0 Å². The minimum atomic E-state index is -0.0304. The molecule has 0 radical (unpaired) electrons. The average molecular weight is 435 g/mol. The van der Waals surface area contributed by atoms with Crippen LogP contribution in [0.5, 0.6) is 5.75 Å². The van der Waals surface area contributed by atoms with Crippen molar-refractivity contribution in [2.75, 3.05) is 7.11 Å². The third kappa shape index (κ3) is 9.51. The van der Waals surface area contributed by atoms with E-state index in [1.165, 1.54) is 29.5 Å². The lowest BCUT2D eigenvalue weighted by Gasteiger charge is -2.15. The number of unbranched alkanes of at least 4 members (excludes halogenated alkanes) is 2. The molecule has 0 saturated heterocycles. The van der Waals surface area contributed by atoms with Crippen LogP contribution in [0.15, 0.2) is 67.0 Å². The maximum atomic E-state index is 12.5. The summed E-state index contributed by atoms with van der Waals surface area (Å²) in [6.07, 6.45) is 17.7. The zero-order valence-electron chi connectivity index (χ0n) is 19.8. The number of ether oxygens (including phenoxy) is 1. The van der Waals surface area contributed by atoms with Crippen LogP contribution in [0.25, 0.3) is 5.57 Å². The Kier molecular flexibility index (Phi) is 11.9. The first-order chi connectivity index (χ1) is 15.7. The summed E-state index contributed by atoms with van der Waals surface area (Å²) in [5.41, 5.74) is 3.66.